The van der Waals surface area contributed by atoms with Crippen molar-refractivity contribution < 1.29 is 14.5 Å². The van der Waals surface area contributed by atoms with Gasteiger partial charge in [0, 0.05) is 6.42 Å². The molecule has 94 valence electrons. The van der Waals surface area contributed by atoms with E-state index in [1.54, 1.807) is 0 Å². The minimum absolute atomic E-state index is 0.0543. The first-order chi connectivity index (χ1) is 8.60. The number of pyridine rings is 1. The van der Waals surface area contributed by atoms with Crippen LogP contribution in [-0.2, 0) is 9.53 Å². The lowest BCUT2D eigenvalue weighted by atomic mass is 10.2. The van der Waals surface area contributed by atoms with Crippen molar-refractivity contribution in [2.45, 2.75) is 12.5 Å². The van der Waals surface area contributed by atoms with Gasteiger partial charge in [0.25, 0.3) is 0 Å². The summed E-state index contributed by atoms with van der Waals surface area (Å²) >= 11 is 0. The molecule has 0 spiro atoms. The Bertz CT molecular complexity index is 495. The van der Waals surface area contributed by atoms with Gasteiger partial charge in [-0.25, -0.2) is 4.79 Å². The van der Waals surface area contributed by atoms with Crippen LogP contribution < -0.4 is 5.32 Å². The number of ether oxygens (including phenoxy) is 1. The van der Waals surface area contributed by atoms with E-state index >= 15 is 0 Å². The Morgan fingerprint density at radius 2 is 2.50 bits per heavy atom. The molecule has 7 heteroatoms. The fourth-order valence-electron chi connectivity index (χ4n) is 1.30. The van der Waals surface area contributed by atoms with E-state index in [0.717, 1.165) is 0 Å². The number of nitro groups is 1. The maximum Gasteiger partial charge on any atom is 0.386 e. The lowest BCUT2D eigenvalue weighted by Crippen LogP contribution is -2.30. The van der Waals surface area contributed by atoms with Crippen molar-refractivity contribution in [1.29, 1.82) is 0 Å². The summed E-state index contributed by atoms with van der Waals surface area (Å²) in [5.74, 6) is 1.33. The van der Waals surface area contributed by atoms with Crippen LogP contribution in [0.1, 0.15) is 6.42 Å². The Balaban J connectivity index is 2.97. The first-order valence-electron chi connectivity index (χ1n) is 4.97. The second kappa shape index (κ2) is 6.20. The van der Waals surface area contributed by atoms with Crippen LogP contribution in [0.25, 0.3) is 0 Å². The van der Waals surface area contributed by atoms with E-state index in [9.17, 15) is 14.9 Å². The fourth-order valence-corrected chi connectivity index (χ4v) is 1.30. The molecule has 0 saturated heterocycles. The van der Waals surface area contributed by atoms with Crippen molar-refractivity contribution in [1.82, 2.24) is 4.98 Å². The van der Waals surface area contributed by atoms with E-state index in [-0.39, 0.29) is 17.9 Å². The van der Waals surface area contributed by atoms with Crippen LogP contribution in [0, 0.1) is 22.5 Å². The molecule has 18 heavy (non-hydrogen) atoms. The molecule has 7 nitrogen and oxygen atoms in total. The Morgan fingerprint density at radius 1 is 1.78 bits per heavy atom. The van der Waals surface area contributed by atoms with Gasteiger partial charge in [-0.3, -0.25) is 0 Å². The summed E-state index contributed by atoms with van der Waals surface area (Å²) in [6.07, 6.45) is 6.47. The van der Waals surface area contributed by atoms with Gasteiger partial charge in [-0.15, -0.1) is 12.3 Å². The van der Waals surface area contributed by atoms with Crippen LogP contribution in [0.15, 0.2) is 18.3 Å². The molecule has 0 amide bonds. The smallest absolute Gasteiger partial charge is 0.386 e. The van der Waals surface area contributed by atoms with Crippen molar-refractivity contribution >= 4 is 17.5 Å². The zero-order chi connectivity index (χ0) is 13.5. The molecule has 1 atom stereocenters. The molecule has 1 aromatic rings. The highest BCUT2D eigenvalue weighted by Gasteiger charge is 2.22. The first-order valence-corrected chi connectivity index (χ1v) is 4.97. The fraction of sp³-hybridized carbons (Fsp3) is 0.273. The third-order valence-corrected chi connectivity index (χ3v) is 2.10. The summed E-state index contributed by atoms with van der Waals surface area (Å²) in [7, 11) is 1.21. The molecule has 0 aromatic carbocycles. The van der Waals surface area contributed by atoms with Gasteiger partial charge < -0.3 is 20.2 Å². The van der Waals surface area contributed by atoms with E-state index in [2.05, 4.69) is 21.0 Å². The van der Waals surface area contributed by atoms with Gasteiger partial charge in [0.2, 0.25) is 0 Å². The number of anilines is 1. The zero-order valence-electron chi connectivity index (χ0n) is 9.62. The highest BCUT2D eigenvalue weighted by atomic mass is 16.6. The zero-order valence-corrected chi connectivity index (χ0v) is 9.62. The minimum atomic E-state index is -0.845. The van der Waals surface area contributed by atoms with E-state index in [0.29, 0.717) is 0 Å². The van der Waals surface area contributed by atoms with Gasteiger partial charge in [-0.05, 0) is 22.0 Å². The second-order valence-corrected chi connectivity index (χ2v) is 3.26. The van der Waals surface area contributed by atoms with Crippen LogP contribution in [0.3, 0.4) is 0 Å². The molecule has 0 unspecified atom stereocenters. The summed E-state index contributed by atoms with van der Waals surface area (Å²) in [4.78, 5) is 25.1. The quantitative estimate of drug-likeness (QED) is 0.361. The maximum absolute atomic E-state index is 11.4. The SMILES string of the molecule is C#CC[C@@H](Nc1cccnc1[N+](=O)[O-])C(=O)OC. The number of aromatic nitrogens is 1. The first kappa shape index (κ1) is 13.4. The van der Waals surface area contributed by atoms with Crippen molar-refractivity contribution in [2.75, 3.05) is 12.4 Å². The maximum atomic E-state index is 11.4. The van der Waals surface area contributed by atoms with Crippen molar-refractivity contribution in [3.63, 3.8) is 0 Å². The topological polar surface area (TPSA) is 94.4 Å². The van der Waals surface area contributed by atoms with Crippen LogP contribution in [-0.4, -0.2) is 29.0 Å². The molecule has 1 rings (SSSR count). The summed E-state index contributed by atoms with van der Waals surface area (Å²) in [6.45, 7) is 0. The molecule has 1 N–H and O–H groups in total. The average molecular weight is 249 g/mol. The van der Waals surface area contributed by atoms with Gasteiger partial charge in [-0.2, -0.15) is 0 Å². The van der Waals surface area contributed by atoms with Gasteiger partial charge in [0.05, 0.1) is 7.11 Å². The largest absolute Gasteiger partial charge is 0.467 e. The number of hydrogen-bond donors (Lipinski definition) is 1. The Morgan fingerprint density at radius 3 is 3.06 bits per heavy atom. The standard InChI is InChI=1S/C11H11N3O4/c1-3-5-9(11(15)18-2)13-8-6-4-7-12-10(8)14(16)17/h1,4,6-7,9,13H,5H2,2H3/t9-/m1/s1. The number of carbonyl (C=O) groups is 1. The number of nitrogens with one attached hydrogen (secondary N) is 1. The summed E-state index contributed by atoms with van der Waals surface area (Å²) in [6, 6.07) is 2.11. The highest BCUT2D eigenvalue weighted by molar-refractivity contribution is 5.80. The van der Waals surface area contributed by atoms with Gasteiger partial charge >= 0.3 is 11.8 Å². The Labute approximate surface area is 103 Å². The molecule has 0 radical (unpaired) electrons. The van der Waals surface area contributed by atoms with Gasteiger partial charge in [-0.1, -0.05) is 0 Å². The molecule has 0 aliphatic heterocycles. The molecule has 0 fully saturated rings. The van der Waals surface area contributed by atoms with Crippen molar-refractivity contribution in [3.05, 3.63) is 28.4 Å². The number of carbonyl (C=O) groups excluding carboxylic acids is 1. The highest BCUT2D eigenvalue weighted by Crippen LogP contribution is 2.21. The van der Waals surface area contributed by atoms with E-state index in [4.69, 9.17) is 6.42 Å². The third kappa shape index (κ3) is 3.18. The minimum Gasteiger partial charge on any atom is -0.467 e. The molecule has 1 aromatic heterocycles. The molecule has 0 saturated carbocycles. The third-order valence-electron chi connectivity index (χ3n) is 2.10. The van der Waals surface area contributed by atoms with Crippen molar-refractivity contribution in [2.24, 2.45) is 0 Å². The van der Waals surface area contributed by atoms with Gasteiger partial charge in [0.1, 0.15) is 17.9 Å². The van der Waals surface area contributed by atoms with Gasteiger partial charge in [0.15, 0.2) is 0 Å². The monoisotopic (exact) mass is 249 g/mol. The number of esters is 1. The van der Waals surface area contributed by atoms with E-state index < -0.39 is 16.9 Å². The second-order valence-electron chi connectivity index (χ2n) is 3.26. The number of methoxy groups -OCH3 is 1. The number of terminal acetylenes is 1. The molecule has 0 bridgehead atoms. The number of rotatable bonds is 5. The van der Waals surface area contributed by atoms with E-state index in [1.807, 2.05) is 0 Å². The van der Waals surface area contributed by atoms with Crippen LogP contribution in [0.4, 0.5) is 11.5 Å². The lowest BCUT2D eigenvalue weighted by Gasteiger charge is -2.14. The Hall–Kier alpha value is -2.62. The predicted molar refractivity (Wildman–Crippen MR) is 63.8 cm³/mol. The molecular weight excluding hydrogens is 238 g/mol. The summed E-state index contributed by atoms with van der Waals surface area (Å²) in [5, 5.41) is 13.4. The number of hydrogen-bond acceptors (Lipinski definition) is 6. The van der Waals surface area contributed by atoms with Crippen LogP contribution in [0.5, 0.6) is 0 Å². The normalized spacial score (nSPS) is 11.1. The summed E-state index contributed by atoms with van der Waals surface area (Å²) in [5.41, 5.74) is 0.119. The predicted octanol–water partition coefficient (Wildman–Crippen LogP) is 0.967. The summed E-state index contributed by atoms with van der Waals surface area (Å²) < 4.78 is 4.55. The average Bonchev–Trinajstić information content (AvgIpc) is 2.37. The molecular formula is C11H11N3O4. The van der Waals surface area contributed by atoms with Crippen LogP contribution in [0.2, 0.25) is 0 Å². The number of nitrogens with zero attached hydrogens (tertiary/aromatic N) is 2. The molecule has 1 heterocycles. The lowest BCUT2D eigenvalue weighted by molar-refractivity contribution is -0.388. The molecule has 0 aliphatic rings. The van der Waals surface area contributed by atoms with E-state index in [1.165, 1.54) is 25.4 Å². The molecule has 0 aliphatic carbocycles. The Kier molecular flexibility index (Phi) is 4.63. The van der Waals surface area contributed by atoms with Crippen LogP contribution >= 0.6 is 0 Å². The van der Waals surface area contributed by atoms with Crippen molar-refractivity contribution in [3.8, 4) is 12.3 Å².